The summed E-state index contributed by atoms with van der Waals surface area (Å²) in [6, 6.07) is 1.87. The average molecular weight is 329 g/mol. The maximum atomic E-state index is 12.1. The molecule has 2 aromatic heterocycles. The number of hydrogen-bond acceptors (Lipinski definition) is 5. The zero-order chi connectivity index (χ0) is 16.9. The molecule has 1 aliphatic heterocycles. The minimum Gasteiger partial charge on any atom is -0.378 e. The number of morpholine rings is 1. The number of anilines is 1. The molecule has 1 saturated heterocycles. The summed E-state index contributed by atoms with van der Waals surface area (Å²) in [5, 5.41) is 2.90. The third-order valence-corrected chi connectivity index (χ3v) is 4.04. The molecule has 1 fully saturated rings. The minimum absolute atomic E-state index is 0.0588. The summed E-state index contributed by atoms with van der Waals surface area (Å²) < 4.78 is 7.17. The first kappa shape index (κ1) is 16.4. The van der Waals surface area contributed by atoms with Gasteiger partial charge in [-0.3, -0.25) is 4.79 Å². The Morgan fingerprint density at radius 3 is 2.62 bits per heavy atom. The number of carbonyl (C=O) groups is 1. The van der Waals surface area contributed by atoms with E-state index in [2.05, 4.69) is 20.2 Å². The van der Waals surface area contributed by atoms with Gasteiger partial charge in [0.05, 0.1) is 13.2 Å². The highest BCUT2D eigenvalue weighted by molar-refractivity contribution is 5.94. The number of aromatic nitrogens is 3. The van der Waals surface area contributed by atoms with Gasteiger partial charge in [-0.2, -0.15) is 0 Å². The summed E-state index contributed by atoms with van der Waals surface area (Å²) in [6.07, 6.45) is 6.45. The van der Waals surface area contributed by atoms with E-state index in [1.54, 1.807) is 12.4 Å². The Labute approximate surface area is 141 Å². The Morgan fingerprint density at radius 1 is 1.25 bits per heavy atom. The minimum atomic E-state index is -0.0588. The van der Waals surface area contributed by atoms with Crippen molar-refractivity contribution in [2.24, 2.45) is 7.05 Å². The van der Waals surface area contributed by atoms with Crippen molar-refractivity contribution in [3.8, 4) is 11.1 Å². The summed E-state index contributed by atoms with van der Waals surface area (Å²) in [6.45, 7) is 5.75. The molecule has 0 aliphatic carbocycles. The fraction of sp³-hybridized carbons (Fsp3) is 0.471. The highest BCUT2D eigenvalue weighted by Gasteiger charge is 2.15. The highest BCUT2D eigenvalue weighted by Crippen LogP contribution is 2.22. The number of hydrogen-bond donors (Lipinski definition) is 1. The largest absolute Gasteiger partial charge is 0.378 e. The van der Waals surface area contributed by atoms with Crippen LogP contribution in [0, 0.1) is 0 Å². The summed E-state index contributed by atoms with van der Waals surface area (Å²) in [5.41, 5.74) is 2.47. The SMILES string of the molecule is CCCNC(=O)c1cc(-c2cnc(N3CCOCC3)nc2)cn1C. The van der Waals surface area contributed by atoms with Crippen LogP contribution in [-0.4, -0.2) is 53.3 Å². The van der Waals surface area contributed by atoms with Gasteiger partial charge in [-0.05, 0) is 12.5 Å². The van der Waals surface area contributed by atoms with E-state index in [1.165, 1.54) is 0 Å². The molecule has 7 nitrogen and oxygen atoms in total. The molecule has 0 radical (unpaired) electrons. The van der Waals surface area contributed by atoms with Gasteiger partial charge >= 0.3 is 0 Å². The fourth-order valence-corrected chi connectivity index (χ4v) is 2.67. The normalized spacial score (nSPS) is 14.7. The first-order valence-corrected chi connectivity index (χ1v) is 8.28. The van der Waals surface area contributed by atoms with E-state index in [9.17, 15) is 4.79 Å². The smallest absolute Gasteiger partial charge is 0.267 e. The molecule has 7 heteroatoms. The fourth-order valence-electron chi connectivity index (χ4n) is 2.67. The van der Waals surface area contributed by atoms with Gasteiger partial charge < -0.3 is 19.5 Å². The van der Waals surface area contributed by atoms with Gasteiger partial charge in [-0.1, -0.05) is 6.92 Å². The molecule has 3 rings (SSSR count). The predicted molar refractivity (Wildman–Crippen MR) is 92.1 cm³/mol. The van der Waals surface area contributed by atoms with E-state index in [-0.39, 0.29) is 5.91 Å². The van der Waals surface area contributed by atoms with Gasteiger partial charge in [0.1, 0.15) is 5.69 Å². The molecular weight excluding hydrogens is 306 g/mol. The van der Waals surface area contributed by atoms with Crippen molar-refractivity contribution in [3.63, 3.8) is 0 Å². The highest BCUT2D eigenvalue weighted by atomic mass is 16.5. The lowest BCUT2D eigenvalue weighted by atomic mass is 10.2. The summed E-state index contributed by atoms with van der Waals surface area (Å²) in [4.78, 5) is 23.2. The van der Waals surface area contributed by atoms with Crippen LogP contribution in [0.15, 0.2) is 24.7 Å². The van der Waals surface area contributed by atoms with Crippen molar-refractivity contribution in [2.75, 3.05) is 37.7 Å². The van der Waals surface area contributed by atoms with E-state index in [4.69, 9.17) is 4.74 Å². The summed E-state index contributed by atoms with van der Waals surface area (Å²) in [7, 11) is 1.87. The molecule has 0 saturated carbocycles. The number of rotatable bonds is 5. The van der Waals surface area contributed by atoms with Crippen molar-refractivity contribution < 1.29 is 9.53 Å². The van der Waals surface area contributed by atoms with Crippen molar-refractivity contribution in [1.82, 2.24) is 19.9 Å². The van der Waals surface area contributed by atoms with Gasteiger partial charge in [-0.25, -0.2) is 9.97 Å². The molecule has 2 aromatic rings. The summed E-state index contributed by atoms with van der Waals surface area (Å²) in [5.74, 6) is 0.662. The van der Waals surface area contributed by atoms with Crippen LogP contribution in [0.25, 0.3) is 11.1 Å². The van der Waals surface area contributed by atoms with Crippen LogP contribution in [0.3, 0.4) is 0 Å². The van der Waals surface area contributed by atoms with Crippen molar-refractivity contribution in [3.05, 3.63) is 30.4 Å². The number of carbonyl (C=O) groups excluding carboxylic acids is 1. The lowest BCUT2D eigenvalue weighted by Gasteiger charge is -2.26. The van der Waals surface area contributed by atoms with Gasteiger partial charge in [0.2, 0.25) is 5.95 Å². The molecule has 128 valence electrons. The molecule has 24 heavy (non-hydrogen) atoms. The molecule has 1 aliphatic rings. The number of ether oxygens (including phenoxy) is 1. The predicted octanol–water partition coefficient (Wildman–Crippen LogP) is 1.46. The van der Waals surface area contributed by atoms with Crippen molar-refractivity contribution in [1.29, 1.82) is 0 Å². The molecule has 0 spiro atoms. The van der Waals surface area contributed by atoms with E-state index in [0.717, 1.165) is 36.6 Å². The van der Waals surface area contributed by atoms with Crippen LogP contribution in [0.1, 0.15) is 23.8 Å². The molecular formula is C17H23N5O2. The van der Waals surface area contributed by atoms with Crippen LogP contribution in [0.4, 0.5) is 5.95 Å². The van der Waals surface area contributed by atoms with Crippen LogP contribution < -0.4 is 10.2 Å². The standard InChI is InChI=1S/C17H23N5O2/c1-3-4-18-16(23)15-9-13(12-21(15)2)14-10-19-17(20-11-14)22-5-7-24-8-6-22/h9-12H,3-8H2,1-2H3,(H,18,23). The Hall–Kier alpha value is -2.41. The first-order valence-electron chi connectivity index (χ1n) is 8.28. The number of nitrogens with zero attached hydrogens (tertiary/aromatic N) is 4. The Kier molecular flexibility index (Phi) is 5.10. The molecule has 1 N–H and O–H groups in total. The number of amides is 1. The zero-order valence-electron chi connectivity index (χ0n) is 14.2. The maximum absolute atomic E-state index is 12.1. The van der Waals surface area contributed by atoms with Crippen LogP contribution >= 0.6 is 0 Å². The first-order chi connectivity index (χ1) is 11.7. The second-order valence-electron chi connectivity index (χ2n) is 5.85. The van der Waals surface area contributed by atoms with Gasteiger partial charge in [0, 0.05) is 56.4 Å². The number of nitrogens with one attached hydrogen (secondary N) is 1. The molecule has 0 atom stereocenters. The molecule has 0 bridgehead atoms. The van der Waals surface area contributed by atoms with E-state index in [0.29, 0.717) is 25.5 Å². The van der Waals surface area contributed by atoms with E-state index >= 15 is 0 Å². The van der Waals surface area contributed by atoms with Crippen LogP contribution in [-0.2, 0) is 11.8 Å². The van der Waals surface area contributed by atoms with Crippen LogP contribution in [0.2, 0.25) is 0 Å². The third-order valence-electron chi connectivity index (χ3n) is 4.04. The third kappa shape index (κ3) is 3.56. The second kappa shape index (κ2) is 7.44. The van der Waals surface area contributed by atoms with E-state index < -0.39 is 0 Å². The monoisotopic (exact) mass is 329 g/mol. The second-order valence-corrected chi connectivity index (χ2v) is 5.85. The molecule has 0 aromatic carbocycles. The maximum Gasteiger partial charge on any atom is 0.267 e. The summed E-state index contributed by atoms with van der Waals surface area (Å²) >= 11 is 0. The van der Waals surface area contributed by atoms with E-state index in [1.807, 2.05) is 30.8 Å². The topological polar surface area (TPSA) is 72.3 Å². The van der Waals surface area contributed by atoms with Crippen molar-refractivity contribution >= 4 is 11.9 Å². The van der Waals surface area contributed by atoms with Gasteiger partial charge in [0.25, 0.3) is 5.91 Å². The lowest BCUT2D eigenvalue weighted by molar-refractivity contribution is 0.0945. The molecule has 0 unspecified atom stereocenters. The Morgan fingerprint density at radius 2 is 1.96 bits per heavy atom. The quantitative estimate of drug-likeness (QED) is 0.899. The Bertz CT molecular complexity index is 690. The molecule has 3 heterocycles. The van der Waals surface area contributed by atoms with Crippen LogP contribution in [0.5, 0.6) is 0 Å². The Balaban J connectivity index is 1.75. The van der Waals surface area contributed by atoms with Crippen molar-refractivity contribution in [2.45, 2.75) is 13.3 Å². The zero-order valence-corrected chi connectivity index (χ0v) is 14.2. The van der Waals surface area contributed by atoms with Gasteiger partial charge in [0.15, 0.2) is 0 Å². The lowest BCUT2D eigenvalue weighted by Crippen LogP contribution is -2.37. The molecule has 1 amide bonds. The average Bonchev–Trinajstić information content (AvgIpc) is 3.02. The van der Waals surface area contributed by atoms with Gasteiger partial charge in [-0.15, -0.1) is 0 Å². The number of aryl methyl sites for hydroxylation is 1.